The Morgan fingerprint density at radius 3 is 2.32 bits per heavy atom. The molecule has 1 heterocycles. The fraction of sp³-hybridized carbons (Fsp3) is 0.529. The van der Waals surface area contributed by atoms with Gasteiger partial charge in [0.05, 0.1) is 18.3 Å². The summed E-state index contributed by atoms with van der Waals surface area (Å²) < 4.78 is 17.5. The monoisotopic (exact) mass is 320 g/mol. The molecule has 1 aromatic rings. The molecule has 1 aliphatic heterocycles. The van der Waals surface area contributed by atoms with Gasteiger partial charge < -0.3 is 14.0 Å². The van der Waals surface area contributed by atoms with Gasteiger partial charge in [0, 0.05) is 5.75 Å². The van der Waals surface area contributed by atoms with Gasteiger partial charge in [0.2, 0.25) is 0 Å². The Hall–Kier alpha value is -0.905. The van der Waals surface area contributed by atoms with Crippen LogP contribution in [0.3, 0.4) is 0 Å². The van der Waals surface area contributed by atoms with E-state index in [-0.39, 0.29) is 18.3 Å². The van der Waals surface area contributed by atoms with Gasteiger partial charge in [-0.2, -0.15) is 12.6 Å². The van der Waals surface area contributed by atoms with E-state index < -0.39 is 0 Å². The van der Waals surface area contributed by atoms with Crippen molar-refractivity contribution in [3.8, 4) is 5.75 Å². The Morgan fingerprint density at radius 1 is 1.23 bits per heavy atom. The summed E-state index contributed by atoms with van der Waals surface area (Å²) in [6.07, 6.45) is 2.09. The average molecular weight is 320 g/mol. The number of hydrogen-bond acceptors (Lipinski definition) is 4. The maximum atomic E-state index is 6.12. The molecule has 3 nitrogen and oxygen atoms in total. The maximum Gasteiger partial charge on any atom is 0.491 e. The lowest BCUT2D eigenvalue weighted by molar-refractivity contribution is 0.00578. The molecule has 0 aromatic heterocycles. The number of ether oxygens (including phenoxy) is 1. The van der Waals surface area contributed by atoms with Crippen LogP contribution in [0.15, 0.2) is 23.7 Å². The predicted octanol–water partition coefficient (Wildman–Crippen LogP) is 3.95. The summed E-state index contributed by atoms with van der Waals surface area (Å²) in [5.41, 5.74) is 2.60. The van der Waals surface area contributed by atoms with Crippen molar-refractivity contribution in [3.05, 3.63) is 34.8 Å². The highest BCUT2D eigenvalue weighted by Gasteiger charge is 2.52. The second kappa shape index (κ2) is 6.30. The van der Waals surface area contributed by atoms with Crippen molar-refractivity contribution in [2.24, 2.45) is 0 Å². The van der Waals surface area contributed by atoms with E-state index in [9.17, 15) is 0 Å². The summed E-state index contributed by atoms with van der Waals surface area (Å²) in [6, 6.07) is 6.02. The number of hydrogen-bond donors (Lipinski definition) is 1. The van der Waals surface area contributed by atoms with Crippen LogP contribution in [0.25, 0.3) is 6.08 Å². The topological polar surface area (TPSA) is 27.7 Å². The molecule has 0 amide bonds. The minimum Gasteiger partial charge on any atom is -0.497 e. The molecule has 0 spiro atoms. The van der Waals surface area contributed by atoms with Crippen LogP contribution >= 0.6 is 12.6 Å². The quantitative estimate of drug-likeness (QED) is 0.672. The Balaban J connectivity index is 2.33. The van der Waals surface area contributed by atoms with Crippen LogP contribution in [-0.2, 0) is 9.31 Å². The van der Waals surface area contributed by atoms with Crippen LogP contribution in [0.1, 0.15) is 38.8 Å². The van der Waals surface area contributed by atoms with E-state index in [1.165, 1.54) is 5.56 Å². The Morgan fingerprint density at radius 2 is 1.82 bits per heavy atom. The van der Waals surface area contributed by atoms with Crippen LogP contribution in [0.2, 0.25) is 0 Å². The second-order valence-corrected chi connectivity index (χ2v) is 7.00. The molecule has 0 saturated carbocycles. The third kappa shape index (κ3) is 3.37. The Labute approximate surface area is 139 Å². The van der Waals surface area contributed by atoms with E-state index in [4.69, 9.17) is 14.0 Å². The lowest BCUT2D eigenvalue weighted by Gasteiger charge is -2.32. The van der Waals surface area contributed by atoms with Crippen molar-refractivity contribution in [2.75, 3.05) is 12.9 Å². The van der Waals surface area contributed by atoms with Crippen molar-refractivity contribution in [1.82, 2.24) is 0 Å². The highest BCUT2D eigenvalue weighted by molar-refractivity contribution is 7.80. The molecule has 5 heteroatoms. The normalized spacial score (nSPS) is 20.3. The lowest BCUT2D eigenvalue weighted by Crippen LogP contribution is -2.41. The maximum absolute atomic E-state index is 6.12. The van der Waals surface area contributed by atoms with Gasteiger partial charge in [0.25, 0.3) is 0 Å². The van der Waals surface area contributed by atoms with Crippen molar-refractivity contribution in [3.63, 3.8) is 0 Å². The van der Waals surface area contributed by atoms with Gasteiger partial charge in [-0.05, 0) is 63.4 Å². The molecule has 1 aromatic carbocycles. The first kappa shape index (κ1) is 17.4. The summed E-state index contributed by atoms with van der Waals surface area (Å²) in [5.74, 6) is 1.41. The molecule has 22 heavy (non-hydrogen) atoms. The van der Waals surface area contributed by atoms with Gasteiger partial charge in [-0.1, -0.05) is 12.1 Å². The second-order valence-electron chi connectivity index (χ2n) is 6.69. The molecule has 0 bridgehead atoms. The predicted molar refractivity (Wildman–Crippen MR) is 95.6 cm³/mol. The van der Waals surface area contributed by atoms with Gasteiger partial charge in [-0.15, -0.1) is 0 Å². The van der Waals surface area contributed by atoms with Crippen molar-refractivity contribution in [2.45, 2.75) is 45.8 Å². The van der Waals surface area contributed by atoms with E-state index in [2.05, 4.69) is 53.3 Å². The van der Waals surface area contributed by atoms with Crippen LogP contribution in [-0.4, -0.2) is 31.2 Å². The highest BCUT2D eigenvalue weighted by Crippen LogP contribution is 2.39. The minimum atomic E-state index is -0.367. The number of rotatable bonds is 4. The molecule has 1 fully saturated rings. The van der Waals surface area contributed by atoms with Crippen LogP contribution in [0.5, 0.6) is 5.75 Å². The smallest absolute Gasteiger partial charge is 0.491 e. The number of aryl methyl sites for hydroxylation is 1. The number of benzene rings is 1. The Bertz CT molecular complexity index is 565. The number of thiol groups is 1. The zero-order valence-corrected chi connectivity index (χ0v) is 15.2. The highest BCUT2D eigenvalue weighted by atomic mass is 32.1. The first-order chi connectivity index (χ1) is 10.2. The Kier molecular flexibility index (Phi) is 5.00. The summed E-state index contributed by atoms with van der Waals surface area (Å²) >= 11 is 4.46. The van der Waals surface area contributed by atoms with Crippen molar-refractivity contribution >= 4 is 25.8 Å². The van der Waals surface area contributed by atoms with Gasteiger partial charge in [-0.3, -0.25) is 0 Å². The molecule has 0 unspecified atom stereocenters. The third-order valence-electron chi connectivity index (χ3n) is 4.57. The van der Waals surface area contributed by atoms with E-state index in [0.717, 1.165) is 16.8 Å². The summed E-state index contributed by atoms with van der Waals surface area (Å²) in [4.78, 5) is 0. The summed E-state index contributed by atoms with van der Waals surface area (Å²) in [7, 11) is 1.31. The van der Waals surface area contributed by atoms with Gasteiger partial charge >= 0.3 is 7.12 Å². The molecule has 0 radical (unpaired) electrons. The molecule has 0 atom stereocenters. The molecule has 1 saturated heterocycles. The molecule has 0 aliphatic carbocycles. The third-order valence-corrected chi connectivity index (χ3v) is 4.93. The largest absolute Gasteiger partial charge is 0.497 e. The number of methoxy groups -OCH3 is 1. The van der Waals surface area contributed by atoms with Crippen LogP contribution in [0, 0.1) is 6.92 Å². The van der Waals surface area contributed by atoms with Crippen molar-refractivity contribution < 1.29 is 14.0 Å². The summed E-state index contributed by atoms with van der Waals surface area (Å²) in [6.45, 7) is 10.3. The zero-order chi connectivity index (χ0) is 16.5. The van der Waals surface area contributed by atoms with Crippen LogP contribution in [0.4, 0.5) is 0 Å². The van der Waals surface area contributed by atoms with Gasteiger partial charge in [0.15, 0.2) is 0 Å². The minimum absolute atomic E-state index is 0.344. The molecule has 0 N–H and O–H groups in total. The first-order valence-corrected chi connectivity index (χ1v) is 8.15. The van der Waals surface area contributed by atoms with E-state index in [0.29, 0.717) is 5.75 Å². The lowest BCUT2D eigenvalue weighted by atomic mass is 9.78. The van der Waals surface area contributed by atoms with Crippen LogP contribution < -0.4 is 4.74 Å². The molecule has 1 aliphatic rings. The molecule has 120 valence electrons. The average Bonchev–Trinajstić information content (AvgIpc) is 2.66. The molecular formula is C17H25BO3S. The van der Waals surface area contributed by atoms with Gasteiger partial charge in [-0.25, -0.2) is 0 Å². The SMILES string of the molecule is COc1ccc(C)c(C=C(CS)B2OC(C)(C)C(C)(C)O2)c1. The standard InChI is InChI=1S/C17H25BO3S/c1-12-7-8-15(19-6)10-13(12)9-14(11-22)18-20-16(2,3)17(4,5)21-18/h7-10,22H,11H2,1-6H3. The molecule has 2 rings (SSSR count). The van der Waals surface area contributed by atoms with E-state index >= 15 is 0 Å². The fourth-order valence-electron chi connectivity index (χ4n) is 2.28. The first-order valence-electron chi connectivity index (χ1n) is 7.52. The zero-order valence-electron chi connectivity index (χ0n) is 14.3. The van der Waals surface area contributed by atoms with Gasteiger partial charge in [0.1, 0.15) is 5.75 Å². The van der Waals surface area contributed by atoms with E-state index in [1.54, 1.807) is 7.11 Å². The fourth-order valence-corrected chi connectivity index (χ4v) is 2.52. The summed E-state index contributed by atoms with van der Waals surface area (Å²) in [5, 5.41) is 0. The van der Waals surface area contributed by atoms with Crippen molar-refractivity contribution in [1.29, 1.82) is 0 Å². The molecular weight excluding hydrogens is 295 g/mol. The van der Waals surface area contributed by atoms with E-state index in [1.807, 2.05) is 18.2 Å².